The second-order valence-electron chi connectivity index (χ2n) is 1.55. The number of nitriles is 1. The number of carbonyl (C=O) groups excluding carboxylic acids is 1. The molecule has 0 aromatic rings. The first kappa shape index (κ1) is 8.63. The Balaban J connectivity index is 3.92. The van der Waals surface area contributed by atoms with Gasteiger partial charge < -0.3 is 4.74 Å². The minimum absolute atomic E-state index is 0.269. The van der Waals surface area contributed by atoms with Gasteiger partial charge in [-0.2, -0.15) is 5.26 Å². The van der Waals surface area contributed by atoms with E-state index < -0.39 is 11.9 Å². The highest BCUT2D eigenvalue weighted by atomic mass is 16.5. The number of hydrogen-bond donors (Lipinski definition) is 1. The van der Waals surface area contributed by atoms with E-state index >= 15 is 0 Å². The molecule has 54 valence electrons. The molecule has 1 atom stereocenters. The van der Waals surface area contributed by atoms with Crippen molar-refractivity contribution in [2.45, 2.75) is 6.92 Å². The van der Waals surface area contributed by atoms with E-state index in [-0.39, 0.29) is 6.61 Å². The number of nitrogens with zero attached hydrogens (tertiary/aromatic N) is 1. The molecule has 0 saturated carbocycles. The van der Waals surface area contributed by atoms with E-state index in [1.165, 1.54) is 0 Å². The number of carbonyl (C=O) groups is 1. The van der Waals surface area contributed by atoms with Gasteiger partial charge in [-0.05, 0) is 6.92 Å². The number of rotatable bonds is 3. The molecule has 0 aromatic carbocycles. The monoisotopic (exact) mass is 141 g/mol. The summed E-state index contributed by atoms with van der Waals surface area (Å²) in [6.45, 7) is 1.94. The standard InChI is InChI=1S/C6H8N2O2/c1-2-10-6(9)5(3-7)4-8/h3,5,7H,2H2,1H3/p+1/t5-/m1/s1. The molecule has 0 aromatic heterocycles. The van der Waals surface area contributed by atoms with E-state index in [2.05, 4.69) is 4.74 Å². The van der Waals surface area contributed by atoms with Crippen LogP contribution in [0.4, 0.5) is 0 Å². The van der Waals surface area contributed by atoms with E-state index in [0.29, 0.717) is 0 Å². The average Bonchev–Trinajstić information content (AvgIpc) is 1.91. The first-order valence-electron chi connectivity index (χ1n) is 2.87. The molecule has 0 fully saturated rings. The van der Waals surface area contributed by atoms with Crippen LogP contribution < -0.4 is 5.41 Å². The van der Waals surface area contributed by atoms with Crippen LogP contribution in [0.15, 0.2) is 0 Å². The normalized spacial score (nSPS) is 11.2. The molecule has 4 heteroatoms. The fraction of sp³-hybridized carbons (Fsp3) is 0.500. The number of hydrogen-bond acceptors (Lipinski definition) is 3. The molecule has 4 nitrogen and oxygen atoms in total. The van der Waals surface area contributed by atoms with Crippen molar-refractivity contribution >= 4 is 12.2 Å². The Bertz CT molecular complexity index is 171. The first-order chi connectivity index (χ1) is 4.76. The highest BCUT2D eigenvalue weighted by Crippen LogP contribution is 1.91. The molecule has 0 amide bonds. The van der Waals surface area contributed by atoms with Gasteiger partial charge >= 0.3 is 5.97 Å². The SMILES string of the molecule is CCOC(=O)[C@@H](C#N)C=[NH2+]. The zero-order valence-corrected chi connectivity index (χ0v) is 5.70. The maximum Gasteiger partial charge on any atom is 0.333 e. The second-order valence-corrected chi connectivity index (χ2v) is 1.55. The molecular formula is C6H9N2O2+. The van der Waals surface area contributed by atoms with Gasteiger partial charge in [0.15, 0.2) is 6.21 Å². The molecule has 0 aliphatic heterocycles. The largest absolute Gasteiger partial charge is 0.465 e. The number of ether oxygens (including phenoxy) is 1. The predicted molar refractivity (Wildman–Crippen MR) is 33.7 cm³/mol. The van der Waals surface area contributed by atoms with Gasteiger partial charge in [-0.1, -0.05) is 0 Å². The van der Waals surface area contributed by atoms with Crippen LogP contribution in [0.3, 0.4) is 0 Å². The van der Waals surface area contributed by atoms with Crippen molar-refractivity contribution in [2.75, 3.05) is 6.61 Å². The Morgan fingerprint density at radius 1 is 2.00 bits per heavy atom. The van der Waals surface area contributed by atoms with Crippen molar-refractivity contribution in [3.8, 4) is 6.07 Å². The molecule has 10 heavy (non-hydrogen) atoms. The molecule has 0 rings (SSSR count). The van der Waals surface area contributed by atoms with Gasteiger partial charge in [0.25, 0.3) is 0 Å². The van der Waals surface area contributed by atoms with Crippen molar-refractivity contribution in [1.82, 2.24) is 0 Å². The van der Waals surface area contributed by atoms with Crippen molar-refractivity contribution < 1.29 is 14.9 Å². The first-order valence-corrected chi connectivity index (χ1v) is 2.87. The van der Waals surface area contributed by atoms with Crippen LogP contribution in [0.1, 0.15) is 6.92 Å². The van der Waals surface area contributed by atoms with Crippen molar-refractivity contribution in [3.63, 3.8) is 0 Å². The lowest BCUT2D eigenvalue weighted by Gasteiger charge is -1.98. The molecular weight excluding hydrogens is 132 g/mol. The highest BCUT2D eigenvalue weighted by Gasteiger charge is 2.17. The highest BCUT2D eigenvalue weighted by molar-refractivity contribution is 5.90. The Morgan fingerprint density at radius 2 is 2.60 bits per heavy atom. The van der Waals surface area contributed by atoms with Crippen LogP contribution in [-0.4, -0.2) is 18.8 Å². The third kappa shape index (κ3) is 2.27. The lowest BCUT2D eigenvalue weighted by molar-refractivity contribution is -0.147. The fourth-order valence-corrected chi connectivity index (χ4v) is 0.406. The second kappa shape index (κ2) is 4.50. The maximum absolute atomic E-state index is 10.6. The summed E-state index contributed by atoms with van der Waals surface area (Å²) >= 11 is 0. The van der Waals surface area contributed by atoms with Crippen molar-refractivity contribution in [2.24, 2.45) is 5.92 Å². The molecule has 0 spiro atoms. The van der Waals surface area contributed by atoms with Gasteiger partial charge in [-0.25, -0.2) is 0 Å². The lowest BCUT2D eigenvalue weighted by atomic mass is 10.2. The summed E-state index contributed by atoms with van der Waals surface area (Å²) < 4.78 is 4.51. The lowest BCUT2D eigenvalue weighted by Crippen LogP contribution is -2.36. The maximum atomic E-state index is 10.6. The Labute approximate surface area is 58.9 Å². The summed E-state index contributed by atoms with van der Waals surface area (Å²) in [7, 11) is 0. The van der Waals surface area contributed by atoms with Gasteiger partial charge in [0.05, 0.1) is 12.7 Å². The minimum atomic E-state index is -0.931. The third-order valence-electron chi connectivity index (χ3n) is 0.872. The predicted octanol–water partition coefficient (Wildman–Crippen LogP) is -1.48. The zero-order chi connectivity index (χ0) is 7.98. The molecule has 0 radical (unpaired) electrons. The van der Waals surface area contributed by atoms with Gasteiger partial charge in [0, 0.05) is 0 Å². The summed E-state index contributed by atoms with van der Waals surface area (Å²) in [6, 6.07) is 1.68. The van der Waals surface area contributed by atoms with Gasteiger partial charge in [0.1, 0.15) is 0 Å². The topological polar surface area (TPSA) is 75.7 Å². The van der Waals surface area contributed by atoms with Gasteiger partial charge in [-0.15, -0.1) is 0 Å². The van der Waals surface area contributed by atoms with E-state index in [4.69, 9.17) is 10.7 Å². The van der Waals surface area contributed by atoms with Crippen molar-refractivity contribution in [3.05, 3.63) is 0 Å². The summed E-state index contributed by atoms with van der Waals surface area (Å²) in [5.74, 6) is -1.52. The van der Waals surface area contributed by atoms with Crippen LogP contribution in [0.5, 0.6) is 0 Å². The van der Waals surface area contributed by atoms with Crippen LogP contribution in [0.2, 0.25) is 0 Å². The van der Waals surface area contributed by atoms with E-state index in [1.54, 1.807) is 13.0 Å². The number of nitrogens with two attached hydrogens (primary N) is 1. The summed E-state index contributed by atoms with van der Waals surface area (Å²) in [5.41, 5.74) is 0. The summed E-state index contributed by atoms with van der Waals surface area (Å²) in [6.07, 6.45) is 1.01. The Kier molecular flexibility index (Phi) is 3.89. The van der Waals surface area contributed by atoms with Crippen LogP contribution in [0.25, 0.3) is 0 Å². The Hall–Kier alpha value is -1.37. The molecule has 0 saturated heterocycles. The Morgan fingerprint density at radius 3 is 2.90 bits per heavy atom. The molecule has 0 aliphatic rings. The number of esters is 1. The quantitative estimate of drug-likeness (QED) is 0.384. The van der Waals surface area contributed by atoms with E-state index in [0.717, 1.165) is 6.21 Å². The molecule has 2 N–H and O–H groups in total. The average molecular weight is 141 g/mol. The zero-order valence-electron chi connectivity index (χ0n) is 5.70. The molecule has 0 aliphatic carbocycles. The molecule has 0 heterocycles. The third-order valence-corrected chi connectivity index (χ3v) is 0.872. The minimum Gasteiger partial charge on any atom is -0.465 e. The van der Waals surface area contributed by atoms with Gasteiger partial charge in [-0.3, -0.25) is 10.2 Å². The summed E-state index contributed by atoms with van der Waals surface area (Å²) in [5, 5.41) is 13.2. The van der Waals surface area contributed by atoms with Gasteiger partial charge in [0.2, 0.25) is 5.92 Å². The van der Waals surface area contributed by atoms with Crippen LogP contribution in [0, 0.1) is 17.2 Å². The fourth-order valence-electron chi connectivity index (χ4n) is 0.406. The van der Waals surface area contributed by atoms with E-state index in [1.807, 2.05) is 0 Å². The van der Waals surface area contributed by atoms with E-state index in [9.17, 15) is 4.79 Å². The van der Waals surface area contributed by atoms with Crippen LogP contribution in [-0.2, 0) is 9.53 Å². The molecule has 0 bridgehead atoms. The smallest absolute Gasteiger partial charge is 0.333 e. The molecule has 0 unspecified atom stereocenters. The van der Waals surface area contributed by atoms with Crippen molar-refractivity contribution in [1.29, 1.82) is 5.26 Å². The summed E-state index contributed by atoms with van der Waals surface area (Å²) in [4.78, 5) is 10.6. The van der Waals surface area contributed by atoms with Crippen LogP contribution >= 0.6 is 0 Å².